The molecular formula is C49H79N7O7. The highest BCUT2D eigenvalue weighted by molar-refractivity contribution is 5.92. The molecule has 1 aliphatic rings. The Balaban J connectivity index is 1.80. The Morgan fingerprint density at radius 3 is 2.00 bits per heavy atom. The molecular weight excluding hydrogens is 799 g/mol. The molecule has 0 spiro atoms. The van der Waals surface area contributed by atoms with Gasteiger partial charge in [0.05, 0.1) is 55.3 Å². The van der Waals surface area contributed by atoms with Gasteiger partial charge in [0.1, 0.15) is 6.04 Å². The quantitative estimate of drug-likeness (QED) is 0.120. The second-order valence-electron chi connectivity index (χ2n) is 18.6. The highest BCUT2D eigenvalue weighted by atomic mass is 16.5. The second kappa shape index (κ2) is 25.2. The van der Waals surface area contributed by atoms with Crippen LogP contribution in [0.4, 0.5) is 5.69 Å². The molecule has 1 heterocycles. The molecule has 0 radical (unpaired) electrons. The number of hydrogen-bond donors (Lipinski definition) is 3. The Hall–Kier alpha value is -4.37. The van der Waals surface area contributed by atoms with Crippen LogP contribution in [-0.4, -0.2) is 147 Å². The van der Waals surface area contributed by atoms with E-state index < -0.39 is 48.3 Å². The number of benzene rings is 2. The second-order valence-corrected chi connectivity index (χ2v) is 18.6. The van der Waals surface area contributed by atoms with Crippen molar-refractivity contribution >= 4 is 35.1 Å². The van der Waals surface area contributed by atoms with Crippen LogP contribution in [0.5, 0.6) is 0 Å². The summed E-state index contributed by atoms with van der Waals surface area (Å²) in [5, 5.41) is 6.11. The van der Waals surface area contributed by atoms with Gasteiger partial charge < -0.3 is 35.6 Å². The number of hydrogen-bond acceptors (Lipinski definition) is 10. The number of likely N-dealkylation sites (N-methyl/N-ethyl adjacent to an activating group) is 3. The van der Waals surface area contributed by atoms with Crippen LogP contribution in [0.2, 0.25) is 0 Å². The topological polar surface area (TPSA) is 167 Å². The average Bonchev–Trinajstić information content (AvgIpc) is 3.72. The zero-order valence-corrected chi connectivity index (χ0v) is 40.4. The minimum absolute atomic E-state index is 0.00291. The number of nitrogens with two attached hydrogens (primary N) is 1. The Morgan fingerprint density at radius 1 is 0.825 bits per heavy atom. The molecule has 0 bridgehead atoms. The summed E-state index contributed by atoms with van der Waals surface area (Å²) in [5.74, 6) is -1.96. The first-order valence-corrected chi connectivity index (χ1v) is 22.7. The van der Waals surface area contributed by atoms with E-state index in [1.165, 1.54) is 0 Å². The lowest BCUT2D eigenvalue weighted by molar-refractivity contribution is -0.148. The smallest absolute Gasteiger partial charge is 0.245 e. The zero-order chi connectivity index (χ0) is 47.1. The van der Waals surface area contributed by atoms with E-state index in [0.717, 1.165) is 24.0 Å². The van der Waals surface area contributed by atoms with Crippen LogP contribution in [0.15, 0.2) is 54.6 Å². The van der Waals surface area contributed by atoms with Gasteiger partial charge in [0, 0.05) is 40.0 Å². The summed E-state index contributed by atoms with van der Waals surface area (Å²) in [6.07, 6.45) is 1.11. The van der Waals surface area contributed by atoms with Crippen molar-refractivity contribution in [3.05, 3.63) is 65.7 Å². The maximum Gasteiger partial charge on any atom is 0.245 e. The number of amides is 4. The molecule has 1 fully saturated rings. The summed E-state index contributed by atoms with van der Waals surface area (Å²) in [5.41, 5.74) is 8.47. The molecule has 4 N–H and O–H groups in total. The third-order valence-electron chi connectivity index (χ3n) is 12.8. The van der Waals surface area contributed by atoms with Gasteiger partial charge in [-0.3, -0.25) is 33.8 Å². The van der Waals surface area contributed by atoms with Gasteiger partial charge >= 0.3 is 0 Å². The lowest BCUT2D eigenvalue weighted by Gasteiger charge is -2.41. The van der Waals surface area contributed by atoms with Gasteiger partial charge in [-0.25, -0.2) is 0 Å². The minimum Gasteiger partial charge on any atom is -0.399 e. The van der Waals surface area contributed by atoms with E-state index in [4.69, 9.17) is 15.2 Å². The summed E-state index contributed by atoms with van der Waals surface area (Å²) in [4.78, 5) is 77.6. The standard InChI is InChI=1S/C49H79N7O7/c1-14-33(6)45(55(11)49(61)43(31(2)3)52-48(60)44(32(4)5)53(8)9)41(62-12)28-42(58)56-26-18-21-39(56)46(63-13)34(7)47(59)51-38(27-35-19-16-15-17-20-35)40(57)30-54(10)29-36-22-24-37(50)25-23-36/h15-17,19-20,22-25,31-34,38-39,41,43-46H,14,18,21,26-30,50H2,1-13H3,(H,51,59)(H,52,60)/t33-,34+,38-,39-,41+,43-,44-,45-,46+/m0/s1. The number of likely N-dealkylation sites (tertiary alicyclic amines) is 1. The summed E-state index contributed by atoms with van der Waals surface area (Å²) < 4.78 is 12.1. The van der Waals surface area contributed by atoms with Gasteiger partial charge in [0.15, 0.2) is 5.78 Å². The number of carbonyl (C=O) groups is 5. The molecule has 0 aromatic heterocycles. The fourth-order valence-corrected chi connectivity index (χ4v) is 9.18. The predicted molar refractivity (Wildman–Crippen MR) is 249 cm³/mol. The predicted octanol–water partition coefficient (Wildman–Crippen LogP) is 4.64. The Labute approximate surface area is 377 Å². The van der Waals surface area contributed by atoms with Gasteiger partial charge in [-0.2, -0.15) is 0 Å². The third-order valence-corrected chi connectivity index (χ3v) is 12.8. The van der Waals surface area contributed by atoms with Gasteiger partial charge in [0.2, 0.25) is 23.6 Å². The molecule has 14 nitrogen and oxygen atoms in total. The monoisotopic (exact) mass is 878 g/mol. The summed E-state index contributed by atoms with van der Waals surface area (Å²) >= 11 is 0. The number of carbonyl (C=O) groups excluding carboxylic acids is 5. The van der Waals surface area contributed by atoms with Crippen molar-refractivity contribution in [2.24, 2.45) is 23.7 Å². The zero-order valence-electron chi connectivity index (χ0n) is 40.4. The maximum atomic E-state index is 14.4. The normalized spacial score (nSPS) is 18.1. The van der Waals surface area contributed by atoms with Crippen LogP contribution >= 0.6 is 0 Å². The third kappa shape index (κ3) is 14.8. The van der Waals surface area contributed by atoms with E-state index in [0.29, 0.717) is 31.6 Å². The summed E-state index contributed by atoms with van der Waals surface area (Å²) in [7, 11) is 10.4. The molecule has 63 heavy (non-hydrogen) atoms. The molecule has 0 saturated carbocycles. The molecule has 2 aromatic rings. The lowest BCUT2D eigenvalue weighted by atomic mass is 9.89. The lowest BCUT2D eigenvalue weighted by Crippen LogP contribution is -2.59. The van der Waals surface area contributed by atoms with E-state index in [1.807, 2.05) is 127 Å². The number of ketones is 1. The summed E-state index contributed by atoms with van der Waals surface area (Å²) in [6, 6.07) is 14.3. The SMILES string of the molecule is CC[C@H](C)[C@@H]([C@@H](CC(=O)N1CCC[C@H]1[C@H](OC)[C@@H](C)C(=O)N[C@@H](Cc1ccccc1)C(=O)CN(C)Cc1ccc(N)cc1)OC)N(C)C(=O)[C@@H](NC(=O)[C@H](C(C)C)N(C)C)C(C)C. The number of nitrogen functional groups attached to an aromatic ring is 1. The van der Waals surface area contributed by atoms with E-state index >= 15 is 0 Å². The van der Waals surface area contributed by atoms with E-state index in [9.17, 15) is 24.0 Å². The number of methoxy groups -OCH3 is 2. The summed E-state index contributed by atoms with van der Waals surface area (Å²) in [6.45, 7) is 14.8. The minimum atomic E-state index is -0.789. The van der Waals surface area contributed by atoms with Crippen LogP contribution in [0, 0.1) is 23.7 Å². The molecule has 352 valence electrons. The number of Topliss-reactive ketones (excluding diaryl/α,β-unsaturated/α-hetero) is 1. The Bertz CT molecular complexity index is 1750. The Kier molecular flexibility index (Phi) is 21.2. The van der Waals surface area contributed by atoms with Gasteiger partial charge in [0.25, 0.3) is 0 Å². The van der Waals surface area contributed by atoms with Crippen LogP contribution in [0.1, 0.15) is 85.3 Å². The van der Waals surface area contributed by atoms with Crippen molar-refractivity contribution in [3.63, 3.8) is 0 Å². The van der Waals surface area contributed by atoms with Gasteiger partial charge in [-0.1, -0.05) is 97.4 Å². The van der Waals surface area contributed by atoms with Crippen molar-refractivity contribution < 1.29 is 33.4 Å². The molecule has 2 aromatic carbocycles. The van der Waals surface area contributed by atoms with E-state index in [1.54, 1.807) is 38.0 Å². The number of ether oxygens (including phenoxy) is 2. The van der Waals surface area contributed by atoms with Gasteiger partial charge in [-0.15, -0.1) is 0 Å². The molecule has 14 heteroatoms. The molecule has 4 amide bonds. The number of nitrogens with zero attached hydrogens (tertiary/aromatic N) is 4. The first-order valence-electron chi connectivity index (χ1n) is 22.7. The largest absolute Gasteiger partial charge is 0.399 e. The fraction of sp³-hybridized carbons (Fsp3) is 0.653. The van der Waals surface area contributed by atoms with Crippen LogP contribution < -0.4 is 16.4 Å². The maximum absolute atomic E-state index is 14.4. The highest BCUT2D eigenvalue weighted by Crippen LogP contribution is 2.30. The average molecular weight is 878 g/mol. The Morgan fingerprint density at radius 2 is 1.46 bits per heavy atom. The van der Waals surface area contributed by atoms with Crippen LogP contribution in [0.25, 0.3) is 0 Å². The highest BCUT2D eigenvalue weighted by Gasteiger charge is 2.43. The van der Waals surface area contributed by atoms with Crippen molar-refractivity contribution in [1.82, 2.24) is 30.2 Å². The molecule has 9 atom stereocenters. The molecule has 1 saturated heterocycles. The fourth-order valence-electron chi connectivity index (χ4n) is 9.18. The van der Waals surface area contributed by atoms with Crippen LogP contribution in [-0.2, 0) is 46.4 Å². The number of rotatable bonds is 25. The first-order chi connectivity index (χ1) is 29.7. The van der Waals surface area contributed by atoms with Crippen molar-refractivity contribution in [2.75, 3.05) is 61.2 Å². The van der Waals surface area contributed by atoms with Crippen LogP contribution in [0.3, 0.4) is 0 Å². The number of nitrogens with one attached hydrogen (secondary N) is 2. The van der Waals surface area contributed by atoms with Crippen molar-refractivity contribution in [3.8, 4) is 0 Å². The first kappa shape index (κ1) is 53.0. The van der Waals surface area contributed by atoms with E-state index in [2.05, 4.69) is 10.6 Å². The molecule has 0 unspecified atom stereocenters. The van der Waals surface area contributed by atoms with E-state index in [-0.39, 0.29) is 60.1 Å². The molecule has 3 rings (SSSR count). The van der Waals surface area contributed by atoms with Crippen molar-refractivity contribution in [2.45, 2.75) is 130 Å². The molecule has 0 aliphatic carbocycles. The van der Waals surface area contributed by atoms with Gasteiger partial charge in [-0.05, 0) is 81.4 Å². The molecule has 1 aliphatic heterocycles. The van der Waals surface area contributed by atoms with Crippen molar-refractivity contribution in [1.29, 1.82) is 0 Å². The number of anilines is 1.